The molecule has 1 nitrogen and oxygen atoms in total. The molecule has 0 aromatic heterocycles. The van der Waals surface area contributed by atoms with Crippen LogP contribution in [0.25, 0.3) is 0 Å². The number of rotatable bonds is 4. The molecule has 0 spiro atoms. The molecule has 0 aliphatic carbocycles. The Balaban J connectivity index is 1.93. The Hall–Kier alpha value is 0.600. The maximum Gasteiger partial charge on any atom is 0.0276 e. The van der Waals surface area contributed by atoms with E-state index in [0.717, 1.165) is 11.8 Å². The van der Waals surface area contributed by atoms with E-state index in [2.05, 4.69) is 11.2 Å². The monoisotopic (exact) mass is 179 g/mol. The summed E-state index contributed by atoms with van der Waals surface area (Å²) in [7, 11) is 0. The topological polar surface area (TPSA) is 3.24 Å². The van der Waals surface area contributed by atoms with E-state index in [1.165, 1.54) is 25.4 Å². The van der Waals surface area contributed by atoms with E-state index >= 15 is 0 Å². The minimum Gasteiger partial charge on any atom is -0.302 e. The van der Waals surface area contributed by atoms with Crippen LogP contribution in [0.4, 0.5) is 0 Å². The van der Waals surface area contributed by atoms with Crippen molar-refractivity contribution in [2.24, 2.45) is 5.92 Å². The van der Waals surface area contributed by atoms with Crippen LogP contribution in [0.1, 0.15) is 0 Å². The highest BCUT2D eigenvalue weighted by molar-refractivity contribution is 7.98. The van der Waals surface area contributed by atoms with Gasteiger partial charge in [0.1, 0.15) is 0 Å². The molecule has 0 N–H and O–H groups in total. The second-order valence-electron chi connectivity index (χ2n) is 2.77. The van der Waals surface area contributed by atoms with Gasteiger partial charge in [-0.05, 0) is 12.2 Å². The minimum atomic E-state index is 0.781. The highest BCUT2D eigenvalue weighted by Gasteiger charge is 2.24. The van der Waals surface area contributed by atoms with Crippen molar-refractivity contribution in [2.75, 3.05) is 37.5 Å². The summed E-state index contributed by atoms with van der Waals surface area (Å²) in [6.45, 7) is 3.70. The second kappa shape index (κ2) is 4.47. The molecule has 1 fully saturated rings. The standard InChI is InChI=1S/C7H14ClNS/c1-10-3-2-9-5-7(4-8)6-9/h7H,2-6H2,1H3. The van der Waals surface area contributed by atoms with E-state index in [4.69, 9.17) is 11.6 Å². The Labute approximate surface area is 72.1 Å². The molecule has 0 unspecified atom stereocenters. The molecule has 1 rings (SSSR count). The van der Waals surface area contributed by atoms with E-state index in [-0.39, 0.29) is 0 Å². The lowest BCUT2D eigenvalue weighted by molar-refractivity contribution is 0.124. The molecule has 60 valence electrons. The molecule has 0 bridgehead atoms. The quantitative estimate of drug-likeness (QED) is 0.603. The third-order valence-electron chi connectivity index (χ3n) is 1.86. The highest BCUT2D eigenvalue weighted by atomic mass is 35.5. The number of alkyl halides is 1. The largest absolute Gasteiger partial charge is 0.302 e. The van der Waals surface area contributed by atoms with Gasteiger partial charge in [-0.3, -0.25) is 0 Å². The van der Waals surface area contributed by atoms with Crippen LogP contribution in [0.3, 0.4) is 0 Å². The molecule has 0 radical (unpaired) electrons. The molecule has 1 aliphatic heterocycles. The molecule has 0 amide bonds. The lowest BCUT2D eigenvalue weighted by Gasteiger charge is -2.38. The van der Waals surface area contributed by atoms with Crippen molar-refractivity contribution in [1.29, 1.82) is 0 Å². The average Bonchev–Trinajstić information content (AvgIpc) is 1.86. The van der Waals surface area contributed by atoms with E-state index in [1.54, 1.807) is 0 Å². The van der Waals surface area contributed by atoms with Crippen LogP contribution in [0.5, 0.6) is 0 Å². The van der Waals surface area contributed by atoms with Crippen LogP contribution in [-0.4, -0.2) is 42.4 Å². The van der Waals surface area contributed by atoms with Gasteiger partial charge < -0.3 is 4.90 Å². The van der Waals surface area contributed by atoms with E-state index < -0.39 is 0 Å². The normalized spacial score (nSPS) is 21.0. The summed E-state index contributed by atoms with van der Waals surface area (Å²) in [5.74, 6) is 2.88. The predicted octanol–water partition coefficient (Wildman–Crippen LogP) is 1.52. The number of likely N-dealkylation sites (tertiary alicyclic amines) is 1. The van der Waals surface area contributed by atoms with Crippen molar-refractivity contribution in [3.05, 3.63) is 0 Å². The number of halogens is 1. The molecule has 0 atom stereocenters. The SMILES string of the molecule is CSCCN1CC(CCl)C1. The van der Waals surface area contributed by atoms with Gasteiger partial charge in [0.25, 0.3) is 0 Å². The van der Waals surface area contributed by atoms with Crippen molar-refractivity contribution in [3.8, 4) is 0 Å². The Morgan fingerprint density at radius 3 is 2.80 bits per heavy atom. The predicted molar refractivity (Wildman–Crippen MR) is 49.0 cm³/mol. The van der Waals surface area contributed by atoms with Gasteiger partial charge in [0.2, 0.25) is 0 Å². The number of nitrogens with zero attached hydrogens (tertiary/aromatic N) is 1. The van der Waals surface area contributed by atoms with Crippen LogP contribution in [-0.2, 0) is 0 Å². The van der Waals surface area contributed by atoms with Crippen LogP contribution >= 0.6 is 23.4 Å². The van der Waals surface area contributed by atoms with Crippen molar-refractivity contribution in [1.82, 2.24) is 4.90 Å². The van der Waals surface area contributed by atoms with Gasteiger partial charge >= 0.3 is 0 Å². The zero-order chi connectivity index (χ0) is 7.40. The van der Waals surface area contributed by atoms with E-state index in [1.807, 2.05) is 11.8 Å². The first-order chi connectivity index (χ1) is 4.86. The summed E-state index contributed by atoms with van der Waals surface area (Å²) in [6, 6.07) is 0. The van der Waals surface area contributed by atoms with Gasteiger partial charge in [0, 0.05) is 31.3 Å². The first kappa shape index (κ1) is 8.69. The fourth-order valence-electron chi connectivity index (χ4n) is 1.18. The number of thioether (sulfide) groups is 1. The Morgan fingerprint density at radius 1 is 1.60 bits per heavy atom. The summed E-state index contributed by atoms with van der Waals surface area (Å²) in [4.78, 5) is 2.46. The zero-order valence-corrected chi connectivity index (χ0v) is 7.92. The van der Waals surface area contributed by atoms with Gasteiger partial charge in [-0.2, -0.15) is 11.8 Å². The van der Waals surface area contributed by atoms with Gasteiger partial charge in [0.15, 0.2) is 0 Å². The zero-order valence-electron chi connectivity index (χ0n) is 6.35. The summed E-state index contributed by atoms with van der Waals surface area (Å²) in [5, 5.41) is 0. The number of hydrogen-bond donors (Lipinski definition) is 0. The van der Waals surface area contributed by atoms with Crippen molar-refractivity contribution in [3.63, 3.8) is 0 Å². The Morgan fingerprint density at radius 2 is 2.30 bits per heavy atom. The molecule has 0 aromatic carbocycles. The Kier molecular flexibility index (Phi) is 3.89. The summed E-state index contributed by atoms with van der Waals surface area (Å²) in [5.41, 5.74) is 0. The van der Waals surface area contributed by atoms with Crippen LogP contribution in [0, 0.1) is 5.92 Å². The Bertz CT molecular complexity index is 90.9. The minimum absolute atomic E-state index is 0.781. The molecule has 1 aliphatic rings. The second-order valence-corrected chi connectivity index (χ2v) is 4.07. The van der Waals surface area contributed by atoms with Gasteiger partial charge in [-0.15, -0.1) is 11.6 Å². The summed E-state index contributed by atoms with van der Waals surface area (Å²) < 4.78 is 0. The first-order valence-corrected chi connectivity index (χ1v) is 5.57. The molecule has 1 heterocycles. The van der Waals surface area contributed by atoms with Crippen LogP contribution < -0.4 is 0 Å². The van der Waals surface area contributed by atoms with E-state index in [0.29, 0.717) is 0 Å². The molecular weight excluding hydrogens is 166 g/mol. The maximum atomic E-state index is 5.67. The van der Waals surface area contributed by atoms with Crippen LogP contribution in [0.2, 0.25) is 0 Å². The van der Waals surface area contributed by atoms with Crippen molar-refractivity contribution >= 4 is 23.4 Å². The first-order valence-electron chi connectivity index (χ1n) is 3.64. The molecule has 3 heteroatoms. The summed E-state index contributed by atoms with van der Waals surface area (Å²) in [6.07, 6.45) is 2.15. The molecular formula is C7H14ClNS. The van der Waals surface area contributed by atoms with Crippen molar-refractivity contribution in [2.45, 2.75) is 0 Å². The maximum absolute atomic E-state index is 5.67. The third-order valence-corrected chi connectivity index (χ3v) is 2.89. The average molecular weight is 180 g/mol. The van der Waals surface area contributed by atoms with Gasteiger partial charge in [-0.25, -0.2) is 0 Å². The van der Waals surface area contributed by atoms with Crippen molar-refractivity contribution < 1.29 is 0 Å². The van der Waals surface area contributed by atoms with Gasteiger partial charge in [-0.1, -0.05) is 0 Å². The fraction of sp³-hybridized carbons (Fsp3) is 1.00. The van der Waals surface area contributed by atoms with Gasteiger partial charge in [0.05, 0.1) is 0 Å². The lowest BCUT2D eigenvalue weighted by atomic mass is 10.0. The van der Waals surface area contributed by atoms with E-state index in [9.17, 15) is 0 Å². The molecule has 0 saturated carbocycles. The molecule has 1 saturated heterocycles. The van der Waals surface area contributed by atoms with Crippen LogP contribution in [0.15, 0.2) is 0 Å². The molecule has 0 aromatic rings. The lowest BCUT2D eigenvalue weighted by Crippen LogP contribution is -2.48. The number of hydrogen-bond acceptors (Lipinski definition) is 2. The highest BCUT2D eigenvalue weighted by Crippen LogP contribution is 2.16. The third kappa shape index (κ3) is 2.33. The molecule has 10 heavy (non-hydrogen) atoms. The smallest absolute Gasteiger partial charge is 0.0276 e. The fourth-order valence-corrected chi connectivity index (χ4v) is 1.81. The summed E-state index contributed by atoms with van der Waals surface area (Å²) >= 11 is 7.58.